The summed E-state index contributed by atoms with van der Waals surface area (Å²) in [7, 11) is 0. The molecule has 2 aliphatic rings. The van der Waals surface area contributed by atoms with Crippen LogP contribution >= 0.6 is 0 Å². The second-order valence-corrected chi connectivity index (χ2v) is 9.25. The number of hydrogen-bond acceptors (Lipinski definition) is 5. The molecule has 188 valence electrons. The fourth-order valence-corrected chi connectivity index (χ4v) is 4.66. The normalized spacial score (nSPS) is 16.6. The second-order valence-electron chi connectivity index (χ2n) is 9.25. The second kappa shape index (κ2) is 11.7. The third-order valence-corrected chi connectivity index (χ3v) is 6.77. The van der Waals surface area contributed by atoms with Gasteiger partial charge in [-0.05, 0) is 62.8 Å². The third-order valence-electron chi connectivity index (χ3n) is 6.77. The molecule has 2 aromatic carbocycles. The molecule has 2 heterocycles. The fourth-order valence-electron chi connectivity index (χ4n) is 4.66. The summed E-state index contributed by atoms with van der Waals surface area (Å²) >= 11 is 0. The van der Waals surface area contributed by atoms with Crippen LogP contribution in [-0.4, -0.2) is 63.8 Å². The van der Waals surface area contributed by atoms with E-state index >= 15 is 0 Å². The van der Waals surface area contributed by atoms with E-state index in [9.17, 15) is 24.6 Å². The van der Waals surface area contributed by atoms with E-state index in [1.165, 1.54) is 36.4 Å². The quantitative estimate of drug-likeness (QED) is 0.465. The Labute approximate surface area is 211 Å². The zero-order chi connectivity index (χ0) is 25.5. The highest BCUT2D eigenvalue weighted by Crippen LogP contribution is 2.31. The lowest BCUT2D eigenvalue weighted by Gasteiger charge is -2.25. The molecule has 0 aliphatic carbocycles. The summed E-state index contributed by atoms with van der Waals surface area (Å²) in [5, 5.41) is 21.6. The van der Waals surface area contributed by atoms with Crippen molar-refractivity contribution in [1.82, 2.24) is 9.80 Å². The summed E-state index contributed by atoms with van der Waals surface area (Å²) in [5.41, 5.74) is 0.717. The molecule has 0 atom stereocenters. The average molecular weight is 489 g/mol. The van der Waals surface area contributed by atoms with Gasteiger partial charge in [0.2, 0.25) is 17.6 Å². The standard InChI is InChI=1S/C29H32N2O5/c32-25(30-17-3-1-4-18-30)15-13-21-9-7-11-23(27(21)34)29(36)24-12-8-10-22(28(24)35)14-16-26(33)31-19-5-2-6-20-31/h7-16,34-35H,1-6,17-20H2/b15-13+,16-14+. The van der Waals surface area contributed by atoms with Crippen LogP contribution in [0.2, 0.25) is 0 Å². The van der Waals surface area contributed by atoms with Gasteiger partial charge in [0.15, 0.2) is 0 Å². The number of likely N-dealkylation sites (tertiary alicyclic amines) is 2. The van der Waals surface area contributed by atoms with Gasteiger partial charge in [0.25, 0.3) is 0 Å². The lowest BCUT2D eigenvalue weighted by molar-refractivity contribution is -0.127. The molecule has 2 saturated heterocycles. The van der Waals surface area contributed by atoms with E-state index in [1.807, 2.05) is 0 Å². The van der Waals surface area contributed by atoms with Crippen molar-refractivity contribution in [3.05, 3.63) is 70.8 Å². The first-order valence-corrected chi connectivity index (χ1v) is 12.6. The monoisotopic (exact) mass is 488 g/mol. The van der Waals surface area contributed by atoms with Crippen LogP contribution in [0.5, 0.6) is 11.5 Å². The van der Waals surface area contributed by atoms with Crippen molar-refractivity contribution in [2.24, 2.45) is 0 Å². The maximum absolute atomic E-state index is 13.2. The molecule has 2 fully saturated rings. The number of para-hydroxylation sites is 2. The number of benzene rings is 2. The van der Waals surface area contributed by atoms with Gasteiger partial charge in [-0.1, -0.05) is 24.3 Å². The fraction of sp³-hybridized carbons (Fsp3) is 0.345. The minimum Gasteiger partial charge on any atom is -0.507 e. The molecule has 0 spiro atoms. The highest BCUT2D eigenvalue weighted by atomic mass is 16.3. The van der Waals surface area contributed by atoms with Crippen LogP contribution in [0.3, 0.4) is 0 Å². The molecule has 7 nitrogen and oxygen atoms in total. The summed E-state index contributed by atoms with van der Waals surface area (Å²) in [6.07, 6.45) is 12.0. The van der Waals surface area contributed by atoms with Crippen LogP contribution in [-0.2, 0) is 9.59 Å². The van der Waals surface area contributed by atoms with E-state index in [-0.39, 0.29) is 34.4 Å². The maximum atomic E-state index is 13.2. The summed E-state index contributed by atoms with van der Waals surface area (Å²) < 4.78 is 0. The zero-order valence-corrected chi connectivity index (χ0v) is 20.4. The van der Waals surface area contributed by atoms with Gasteiger partial charge in [-0.2, -0.15) is 0 Å². The number of nitrogens with zero attached hydrogens (tertiary/aromatic N) is 2. The van der Waals surface area contributed by atoms with E-state index in [1.54, 1.807) is 34.1 Å². The first-order chi connectivity index (χ1) is 17.5. The van der Waals surface area contributed by atoms with Crippen molar-refractivity contribution in [3.63, 3.8) is 0 Å². The number of phenols is 2. The number of carbonyl (C=O) groups is 3. The van der Waals surface area contributed by atoms with E-state index in [4.69, 9.17) is 0 Å². The Balaban J connectivity index is 1.52. The molecule has 2 amide bonds. The molecule has 0 saturated carbocycles. The van der Waals surface area contributed by atoms with Crippen molar-refractivity contribution in [3.8, 4) is 11.5 Å². The Kier molecular flexibility index (Phi) is 8.21. The molecule has 36 heavy (non-hydrogen) atoms. The van der Waals surface area contributed by atoms with E-state index in [2.05, 4.69) is 0 Å². The smallest absolute Gasteiger partial charge is 0.246 e. The molecule has 0 aromatic heterocycles. The highest BCUT2D eigenvalue weighted by Gasteiger charge is 2.21. The Morgan fingerprint density at radius 1 is 0.611 bits per heavy atom. The first-order valence-electron chi connectivity index (χ1n) is 12.6. The van der Waals surface area contributed by atoms with Gasteiger partial charge >= 0.3 is 0 Å². The molecule has 2 N–H and O–H groups in total. The van der Waals surface area contributed by atoms with Crippen LogP contribution in [0.1, 0.15) is 65.6 Å². The molecular formula is C29H32N2O5. The SMILES string of the molecule is O=C(c1cccc(/C=C/C(=O)N2CCCCC2)c1O)c1cccc(/C=C/C(=O)N2CCCCC2)c1O. The van der Waals surface area contributed by atoms with Crippen LogP contribution in [0.25, 0.3) is 12.2 Å². The van der Waals surface area contributed by atoms with Gasteiger partial charge in [0.05, 0.1) is 11.1 Å². The summed E-state index contributed by atoms with van der Waals surface area (Å²) in [4.78, 5) is 41.7. The predicted octanol–water partition coefficient (Wildman–Crippen LogP) is 4.38. The van der Waals surface area contributed by atoms with E-state index in [0.29, 0.717) is 11.1 Å². The van der Waals surface area contributed by atoms with Gasteiger partial charge in [0.1, 0.15) is 11.5 Å². The summed E-state index contributed by atoms with van der Waals surface area (Å²) in [6.45, 7) is 2.89. The van der Waals surface area contributed by atoms with Crippen molar-refractivity contribution in [2.45, 2.75) is 38.5 Å². The van der Waals surface area contributed by atoms with E-state index in [0.717, 1.165) is 64.7 Å². The largest absolute Gasteiger partial charge is 0.507 e. The lowest BCUT2D eigenvalue weighted by atomic mass is 9.97. The van der Waals surface area contributed by atoms with Crippen LogP contribution < -0.4 is 0 Å². The Morgan fingerprint density at radius 2 is 1.00 bits per heavy atom. The minimum atomic E-state index is -0.555. The molecule has 0 unspecified atom stereocenters. The topological polar surface area (TPSA) is 98.2 Å². The number of carbonyl (C=O) groups excluding carboxylic acids is 3. The van der Waals surface area contributed by atoms with Crippen LogP contribution in [0.4, 0.5) is 0 Å². The lowest BCUT2D eigenvalue weighted by Crippen LogP contribution is -2.34. The van der Waals surface area contributed by atoms with Crippen molar-refractivity contribution in [2.75, 3.05) is 26.2 Å². The molecule has 0 bridgehead atoms. The van der Waals surface area contributed by atoms with E-state index < -0.39 is 5.78 Å². The van der Waals surface area contributed by atoms with Crippen LogP contribution in [0.15, 0.2) is 48.6 Å². The third kappa shape index (κ3) is 5.85. The number of aromatic hydroxyl groups is 2. The number of piperidine rings is 2. The van der Waals surface area contributed by atoms with Crippen molar-refractivity contribution >= 4 is 29.7 Å². The zero-order valence-electron chi connectivity index (χ0n) is 20.4. The molecule has 7 heteroatoms. The van der Waals surface area contributed by atoms with Crippen LogP contribution in [0, 0.1) is 0 Å². The summed E-state index contributed by atoms with van der Waals surface area (Å²) in [5.74, 6) is -1.32. The van der Waals surface area contributed by atoms with Crippen molar-refractivity contribution in [1.29, 1.82) is 0 Å². The maximum Gasteiger partial charge on any atom is 0.246 e. The molecule has 2 aliphatic heterocycles. The molecule has 0 radical (unpaired) electrons. The minimum absolute atomic E-state index is 0.0170. The molecule has 4 rings (SSSR count). The highest BCUT2D eigenvalue weighted by molar-refractivity contribution is 6.13. The van der Waals surface area contributed by atoms with Gasteiger partial charge in [-0.25, -0.2) is 0 Å². The van der Waals surface area contributed by atoms with Gasteiger partial charge in [0, 0.05) is 49.5 Å². The number of phenolic OH excluding ortho intramolecular Hbond substituents is 2. The first kappa shape index (κ1) is 25.2. The Morgan fingerprint density at radius 3 is 1.39 bits per heavy atom. The summed E-state index contributed by atoms with van der Waals surface area (Å²) in [6, 6.07) is 9.44. The van der Waals surface area contributed by atoms with Gasteiger partial charge in [-0.3, -0.25) is 14.4 Å². The Bertz CT molecular complexity index is 1100. The van der Waals surface area contributed by atoms with Gasteiger partial charge < -0.3 is 20.0 Å². The number of hydrogen-bond donors (Lipinski definition) is 2. The molecule has 2 aromatic rings. The number of amides is 2. The average Bonchev–Trinajstić information content (AvgIpc) is 2.92. The van der Waals surface area contributed by atoms with Gasteiger partial charge in [-0.15, -0.1) is 0 Å². The predicted molar refractivity (Wildman–Crippen MR) is 139 cm³/mol. The number of rotatable bonds is 6. The Hall–Kier alpha value is -3.87. The molecular weight excluding hydrogens is 456 g/mol. The van der Waals surface area contributed by atoms with Crippen molar-refractivity contribution < 1.29 is 24.6 Å². The number of ketones is 1.